The van der Waals surface area contributed by atoms with Gasteiger partial charge in [-0.25, -0.2) is 4.79 Å². The first-order valence-electron chi connectivity index (χ1n) is 5.98. The van der Waals surface area contributed by atoms with Gasteiger partial charge in [0.25, 0.3) is 0 Å². The summed E-state index contributed by atoms with van der Waals surface area (Å²) in [5, 5.41) is 8.90. The molecule has 0 saturated carbocycles. The summed E-state index contributed by atoms with van der Waals surface area (Å²) in [6.07, 6.45) is -0.503. The molecule has 0 bridgehead atoms. The van der Waals surface area contributed by atoms with Crippen molar-refractivity contribution in [3.8, 4) is 0 Å². The van der Waals surface area contributed by atoms with Gasteiger partial charge in [0.1, 0.15) is 0 Å². The van der Waals surface area contributed by atoms with E-state index in [9.17, 15) is 9.59 Å². The van der Waals surface area contributed by atoms with E-state index in [1.807, 2.05) is 27.7 Å². The molecule has 1 N–H and O–H groups in total. The second-order valence-corrected chi connectivity index (χ2v) is 4.61. The van der Waals surface area contributed by atoms with Gasteiger partial charge in [-0.2, -0.15) is 0 Å². The second-order valence-electron chi connectivity index (χ2n) is 4.61. The Bertz CT molecular complexity index is 263. The number of hydrogen-bond donors (Lipinski definition) is 1. The van der Waals surface area contributed by atoms with Crippen molar-refractivity contribution in [2.45, 2.75) is 53.1 Å². The van der Waals surface area contributed by atoms with Crippen LogP contribution in [0.25, 0.3) is 0 Å². The molecule has 5 nitrogen and oxygen atoms in total. The number of nitrogens with zero attached hydrogens (tertiary/aromatic N) is 1. The van der Waals surface area contributed by atoms with Gasteiger partial charge in [0.05, 0.1) is 13.0 Å². The molecule has 1 atom stereocenters. The van der Waals surface area contributed by atoms with Crippen molar-refractivity contribution in [2.24, 2.45) is 5.92 Å². The lowest BCUT2D eigenvalue weighted by atomic mass is 9.98. The van der Waals surface area contributed by atoms with Crippen LogP contribution in [0.5, 0.6) is 0 Å². The molecule has 0 aromatic carbocycles. The highest BCUT2D eigenvalue weighted by Gasteiger charge is 2.31. The minimum atomic E-state index is -0.904. The average molecular weight is 245 g/mol. The molecule has 0 aromatic heterocycles. The van der Waals surface area contributed by atoms with Crippen LogP contribution in [0.4, 0.5) is 4.79 Å². The van der Waals surface area contributed by atoms with Gasteiger partial charge in [-0.15, -0.1) is 0 Å². The first-order valence-corrected chi connectivity index (χ1v) is 5.98. The Labute approximate surface area is 103 Å². The van der Waals surface area contributed by atoms with Gasteiger partial charge in [-0.1, -0.05) is 13.8 Å². The van der Waals surface area contributed by atoms with E-state index in [1.54, 1.807) is 6.92 Å². The van der Waals surface area contributed by atoms with Gasteiger partial charge in [-0.3, -0.25) is 4.79 Å². The Morgan fingerprint density at radius 3 is 2.06 bits per heavy atom. The summed E-state index contributed by atoms with van der Waals surface area (Å²) in [7, 11) is 0. The van der Waals surface area contributed by atoms with E-state index in [0.29, 0.717) is 6.61 Å². The highest BCUT2D eigenvalue weighted by atomic mass is 16.6. The Balaban J connectivity index is 4.95. The van der Waals surface area contributed by atoms with Crippen LogP contribution in [0, 0.1) is 5.92 Å². The van der Waals surface area contributed by atoms with Crippen LogP contribution in [0.15, 0.2) is 0 Å². The van der Waals surface area contributed by atoms with Crippen molar-refractivity contribution in [1.29, 1.82) is 0 Å². The number of amides is 1. The molecule has 0 aliphatic heterocycles. The van der Waals surface area contributed by atoms with E-state index >= 15 is 0 Å². The Morgan fingerprint density at radius 2 is 1.76 bits per heavy atom. The molecule has 0 fully saturated rings. The van der Waals surface area contributed by atoms with Gasteiger partial charge in [0, 0.05) is 12.1 Å². The van der Waals surface area contributed by atoms with Crippen molar-refractivity contribution in [3.63, 3.8) is 0 Å². The van der Waals surface area contributed by atoms with Crippen molar-refractivity contribution in [1.82, 2.24) is 4.90 Å². The van der Waals surface area contributed by atoms with Crippen molar-refractivity contribution < 1.29 is 19.4 Å². The normalized spacial score (nSPS) is 12.6. The van der Waals surface area contributed by atoms with Crippen molar-refractivity contribution in [2.75, 3.05) is 6.61 Å². The molecular weight excluding hydrogens is 222 g/mol. The smallest absolute Gasteiger partial charge is 0.410 e. The van der Waals surface area contributed by atoms with E-state index in [0.717, 1.165) is 0 Å². The molecule has 5 heteroatoms. The molecule has 0 saturated heterocycles. The van der Waals surface area contributed by atoms with Crippen LogP contribution < -0.4 is 0 Å². The Morgan fingerprint density at radius 1 is 1.24 bits per heavy atom. The van der Waals surface area contributed by atoms with Crippen LogP contribution in [0.3, 0.4) is 0 Å². The molecule has 100 valence electrons. The Hall–Kier alpha value is -1.26. The summed E-state index contributed by atoms with van der Waals surface area (Å²) in [6.45, 7) is 9.55. The lowest BCUT2D eigenvalue weighted by Crippen LogP contribution is -2.48. The van der Waals surface area contributed by atoms with Gasteiger partial charge < -0.3 is 14.7 Å². The van der Waals surface area contributed by atoms with Gasteiger partial charge >= 0.3 is 12.1 Å². The monoisotopic (exact) mass is 245 g/mol. The highest BCUT2D eigenvalue weighted by molar-refractivity contribution is 5.71. The zero-order chi connectivity index (χ0) is 13.6. The van der Waals surface area contributed by atoms with E-state index < -0.39 is 12.1 Å². The summed E-state index contributed by atoms with van der Waals surface area (Å²) in [4.78, 5) is 24.2. The molecule has 17 heavy (non-hydrogen) atoms. The maximum Gasteiger partial charge on any atom is 0.410 e. The third-order valence-corrected chi connectivity index (χ3v) is 2.55. The zero-order valence-corrected chi connectivity index (χ0v) is 11.3. The summed E-state index contributed by atoms with van der Waals surface area (Å²) in [5.41, 5.74) is 0. The number of aliphatic carboxylic acids is 1. The molecule has 0 aliphatic carbocycles. The third-order valence-electron chi connectivity index (χ3n) is 2.55. The van der Waals surface area contributed by atoms with Gasteiger partial charge in [0.15, 0.2) is 0 Å². The molecule has 0 rings (SSSR count). The number of carbonyl (C=O) groups excluding carboxylic acids is 1. The fourth-order valence-corrected chi connectivity index (χ4v) is 1.76. The van der Waals surface area contributed by atoms with E-state index in [4.69, 9.17) is 9.84 Å². The summed E-state index contributed by atoms with van der Waals surface area (Å²) in [6, 6.07) is -0.424. The van der Waals surface area contributed by atoms with Crippen LogP contribution in [0.2, 0.25) is 0 Å². The molecule has 0 aliphatic rings. The maximum atomic E-state index is 11.8. The third kappa shape index (κ3) is 5.06. The predicted molar refractivity (Wildman–Crippen MR) is 64.9 cm³/mol. The SMILES string of the molecule is CCOC(=O)N(C(C)C)C(CC(=O)O)C(C)C. The number of carboxylic acid groups (broad SMARTS) is 1. The zero-order valence-electron chi connectivity index (χ0n) is 11.3. The molecular formula is C12H23NO4. The lowest BCUT2D eigenvalue weighted by molar-refractivity contribution is -0.138. The number of ether oxygens (including phenoxy) is 1. The molecule has 0 spiro atoms. The minimum Gasteiger partial charge on any atom is -0.481 e. The van der Waals surface area contributed by atoms with Crippen LogP contribution in [-0.4, -0.2) is 40.8 Å². The molecule has 1 amide bonds. The lowest BCUT2D eigenvalue weighted by Gasteiger charge is -2.35. The average Bonchev–Trinajstić information content (AvgIpc) is 2.15. The summed E-state index contributed by atoms with van der Waals surface area (Å²) in [5.74, 6) is -0.837. The Kier molecular flexibility index (Phi) is 6.61. The first-order chi connectivity index (χ1) is 7.81. The van der Waals surface area contributed by atoms with Gasteiger partial charge in [0.2, 0.25) is 0 Å². The first kappa shape index (κ1) is 15.7. The van der Waals surface area contributed by atoms with Crippen LogP contribution in [0.1, 0.15) is 41.0 Å². The fraction of sp³-hybridized carbons (Fsp3) is 0.833. The standard InChI is InChI=1S/C12H23NO4/c1-6-17-12(16)13(9(4)5)10(8(2)3)7-11(14)15/h8-10H,6-7H2,1-5H3,(H,14,15). The maximum absolute atomic E-state index is 11.8. The fourth-order valence-electron chi connectivity index (χ4n) is 1.76. The molecule has 1 unspecified atom stereocenters. The van der Waals surface area contributed by atoms with Crippen molar-refractivity contribution in [3.05, 3.63) is 0 Å². The predicted octanol–water partition coefficient (Wildman–Crippen LogP) is 2.35. The quantitative estimate of drug-likeness (QED) is 0.780. The summed E-state index contributed by atoms with van der Waals surface area (Å²) < 4.78 is 4.97. The minimum absolute atomic E-state index is 0.0609. The van der Waals surface area contributed by atoms with Crippen LogP contribution >= 0.6 is 0 Å². The number of rotatable bonds is 6. The number of carbonyl (C=O) groups is 2. The van der Waals surface area contributed by atoms with Gasteiger partial charge in [-0.05, 0) is 26.7 Å². The second kappa shape index (κ2) is 7.14. The van der Waals surface area contributed by atoms with Crippen molar-refractivity contribution >= 4 is 12.1 Å². The number of carboxylic acids is 1. The van der Waals surface area contributed by atoms with Crippen LogP contribution in [-0.2, 0) is 9.53 Å². The summed E-state index contributed by atoms with van der Waals surface area (Å²) >= 11 is 0. The number of hydrogen-bond acceptors (Lipinski definition) is 3. The van der Waals surface area contributed by atoms with E-state index in [1.165, 1.54) is 4.90 Å². The molecule has 0 aromatic rings. The highest BCUT2D eigenvalue weighted by Crippen LogP contribution is 2.19. The van der Waals surface area contributed by atoms with E-state index in [2.05, 4.69) is 0 Å². The molecule has 0 heterocycles. The largest absolute Gasteiger partial charge is 0.481 e. The topological polar surface area (TPSA) is 66.8 Å². The molecule has 0 radical (unpaired) electrons. The van der Waals surface area contributed by atoms with E-state index in [-0.39, 0.29) is 24.4 Å².